The number of rotatable bonds is 5. The molecule has 0 radical (unpaired) electrons. The van der Waals surface area contributed by atoms with E-state index in [0.29, 0.717) is 18.9 Å². The van der Waals surface area contributed by atoms with Gasteiger partial charge in [0.05, 0.1) is 6.07 Å². The molecule has 1 saturated carbocycles. The molecule has 0 amide bonds. The zero-order chi connectivity index (χ0) is 14.3. The summed E-state index contributed by atoms with van der Waals surface area (Å²) in [6, 6.07) is 1.84. The predicted molar refractivity (Wildman–Crippen MR) is 74.4 cm³/mol. The molecule has 4 heteroatoms. The summed E-state index contributed by atoms with van der Waals surface area (Å²) in [6.45, 7) is 6.21. The summed E-state index contributed by atoms with van der Waals surface area (Å²) in [6.07, 6.45) is 6.20. The Morgan fingerprint density at radius 3 is 2.53 bits per heavy atom. The average Bonchev–Trinajstić information content (AvgIpc) is 2.33. The molecule has 0 heterocycles. The summed E-state index contributed by atoms with van der Waals surface area (Å²) in [5.74, 6) is 0.180. The van der Waals surface area contributed by atoms with Crippen LogP contribution in [0.2, 0.25) is 0 Å². The smallest absolute Gasteiger partial charge is 0.323 e. The lowest BCUT2D eigenvalue weighted by Gasteiger charge is -2.31. The highest BCUT2D eigenvalue weighted by Crippen LogP contribution is 2.27. The third-order valence-electron chi connectivity index (χ3n) is 3.38. The largest absolute Gasteiger partial charge is 0.459 e. The molecule has 4 nitrogen and oxygen atoms in total. The van der Waals surface area contributed by atoms with Crippen LogP contribution in [0.15, 0.2) is 0 Å². The minimum atomic E-state index is -0.457. The van der Waals surface area contributed by atoms with Crippen LogP contribution in [0.25, 0.3) is 0 Å². The Hall–Kier alpha value is -1.08. The van der Waals surface area contributed by atoms with E-state index in [9.17, 15) is 4.79 Å². The molecular weight excluding hydrogens is 240 g/mol. The molecule has 0 spiro atoms. The van der Waals surface area contributed by atoms with E-state index < -0.39 is 5.60 Å². The maximum Gasteiger partial charge on any atom is 0.323 e. The van der Waals surface area contributed by atoms with Crippen LogP contribution in [0, 0.1) is 17.2 Å². The molecule has 0 aromatic carbocycles. The molecule has 1 rings (SSSR count). The first-order valence-electron chi connectivity index (χ1n) is 7.27. The Labute approximate surface area is 116 Å². The molecule has 0 aromatic heterocycles. The zero-order valence-corrected chi connectivity index (χ0v) is 12.4. The van der Waals surface area contributed by atoms with E-state index in [4.69, 9.17) is 10.00 Å². The number of nitrogens with one attached hydrogen (secondary N) is 1. The van der Waals surface area contributed by atoms with Crippen LogP contribution < -0.4 is 5.32 Å². The Kier molecular flexibility index (Phi) is 6.30. The second-order valence-corrected chi connectivity index (χ2v) is 6.27. The average molecular weight is 266 g/mol. The van der Waals surface area contributed by atoms with Gasteiger partial charge in [0.2, 0.25) is 0 Å². The molecule has 1 N–H and O–H groups in total. The quantitative estimate of drug-likeness (QED) is 0.614. The van der Waals surface area contributed by atoms with E-state index in [0.717, 1.165) is 12.8 Å². The Balaban J connectivity index is 2.62. The summed E-state index contributed by atoms with van der Waals surface area (Å²) in [4.78, 5) is 12.3. The number of hydrogen-bond acceptors (Lipinski definition) is 4. The number of nitrogens with zero attached hydrogens (tertiary/aromatic N) is 1. The topological polar surface area (TPSA) is 62.1 Å². The van der Waals surface area contributed by atoms with Gasteiger partial charge in [-0.1, -0.05) is 19.3 Å². The van der Waals surface area contributed by atoms with E-state index in [2.05, 4.69) is 11.4 Å². The van der Waals surface area contributed by atoms with Gasteiger partial charge in [0.15, 0.2) is 0 Å². The van der Waals surface area contributed by atoms with E-state index >= 15 is 0 Å². The molecule has 1 fully saturated rings. The van der Waals surface area contributed by atoms with Crippen LogP contribution >= 0.6 is 0 Å². The van der Waals surface area contributed by atoms with Crippen molar-refractivity contribution in [2.45, 2.75) is 70.9 Å². The van der Waals surface area contributed by atoms with Gasteiger partial charge in [0, 0.05) is 13.0 Å². The maximum atomic E-state index is 12.3. The monoisotopic (exact) mass is 266 g/mol. The maximum absolute atomic E-state index is 12.3. The van der Waals surface area contributed by atoms with E-state index in [1.165, 1.54) is 19.3 Å². The molecule has 0 aliphatic heterocycles. The lowest BCUT2D eigenvalue weighted by molar-refractivity contribution is -0.159. The first-order valence-corrected chi connectivity index (χ1v) is 7.27. The third-order valence-corrected chi connectivity index (χ3v) is 3.38. The van der Waals surface area contributed by atoms with Crippen molar-refractivity contribution in [1.82, 2.24) is 5.32 Å². The number of hydrogen-bond donors (Lipinski definition) is 1. The van der Waals surface area contributed by atoms with E-state index in [1.54, 1.807) is 0 Å². The second-order valence-electron chi connectivity index (χ2n) is 6.27. The van der Waals surface area contributed by atoms with Crippen molar-refractivity contribution in [2.24, 2.45) is 5.92 Å². The normalized spacial score (nSPS) is 18.6. The first-order chi connectivity index (χ1) is 8.94. The molecule has 1 aliphatic rings. The van der Waals surface area contributed by atoms with Gasteiger partial charge >= 0.3 is 5.97 Å². The van der Waals surface area contributed by atoms with Crippen LogP contribution in [0.4, 0.5) is 0 Å². The Morgan fingerprint density at radius 1 is 1.37 bits per heavy atom. The fourth-order valence-corrected chi connectivity index (χ4v) is 2.56. The van der Waals surface area contributed by atoms with Gasteiger partial charge in [-0.2, -0.15) is 5.26 Å². The highest BCUT2D eigenvalue weighted by molar-refractivity contribution is 5.76. The number of nitriles is 1. The molecule has 1 unspecified atom stereocenters. The van der Waals surface area contributed by atoms with Crippen molar-refractivity contribution < 1.29 is 9.53 Å². The van der Waals surface area contributed by atoms with Crippen LogP contribution in [0.1, 0.15) is 59.3 Å². The minimum absolute atomic E-state index is 0.169. The molecule has 0 saturated heterocycles. The lowest BCUT2D eigenvalue weighted by atomic mass is 9.83. The van der Waals surface area contributed by atoms with Gasteiger partial charge in [-0.25, -0.2) is 0 Å². The number of carbonyl (C=O) groups is 1. The highest BCUT2D eigenvalue weighted by atomic mass is 16.6. The van der Waals surface area contributed by atoms with Gasteiger partial charge in [-0.05, 0) is 39.5 Å². The van der Waals surface area contributed by atoms with Crippen LogP contribution in [-0.2, 0) is 9.53 Å². The van der Waals surface area contributed by atoms with Crippen molar-refractivity contribution in [3.05, 3.63) is 0 Å². The van der Waals surface area contributed by atoms with E-state index in [1.807, 2.05) is 20.8 Å². The summed E-state index contributed by atoms with van der Waals surface area (Å²) in [7, 11) is 0. The van der Waals surface area contributed by atoms with Crippen molar-refractivity contribution in [3.63, 3.8) is 0 Å². The standard InChI is InChI=1S/C15H26N2O2/c1-15(2,3)19-14(18)13(17-11-7-10-16)12-8-5-4-6-9-12/h12-13,17H,4-9,11H2,1-3H3. The van der Waals surface area contributed by atoms with Gasteiger partial charge in [0.1, 0.15) is 11.6 Å². The molecule has 1 atom stereocenters. The van der Waals surface area contributed by atoms with Gasteiger partial charge in [-0.3, -0.25) is 4.79 Å². The van der Waals surface area contributed by atoms with E-state index in [-0.39, 0.29) is 12.0 Å². The molecule has 0 aromatic rings. The number of carbonyl (C=O) groups excluding carboxylic acids is 1. The van der Waals surface area contributed by atoms with Gasteiger partial charge in [-0.15, -0.1) is 0 Å². The predicted octanol–water partition coefficient (Wildman–Crippen LogP) is 2.78. The fraction of sp³-hybridized carbons (Fsp3) is 0.867. The lowest BCUT2D eigenvalue weighted by Crippen LogP contribution is -2.47. The summed E-state index contributed by atoms with van der Waals surface area (Å²) >= 11 is 0. The van der Waals surface area contributed by atoms with Crippen molar-refractivity contribution in [3.8, 4) is 6.07 Å². The fourth-order valence-electron chi connectivity index (χ4n) is 2.56. The van der Waals surface area contributed by atoms with Crippen molar-refractivity contribution in [1.29, 1.82) is 5.26 Å². The van der Waals surface area contributed by atoms with Gasteiger partial charge < -0.3 is 10.1 Å². The van der Waals surface area contributed by atoms with Crippen molar-refractivity contribution in [2.75, 3.05) is 6.54 Å². The zero-order valence-electron chi connectivity index (χ0n) is 12.4. The minimum Gasteiger partial charge on any atom is -0.459 e. The Bertz CT molecular complexity index is 322. The molecule has 1 aliphatic carbocycles. The summed E-state index contributed by atoms with van der Waals surface area (Å²) in [5, 5.41) is 11.8. The molecule has 108 valence electrons. The molecule has 0 bridgehead atoms. The third kappa shape index (κ3) is 6.07. The summed E-state index contributed by atoms with van der Waals surface area (Å²) < 4.78 is 5.50. The van der Waals surface area contributed by atoms with Crippen molar-refractivity contribution >= 4 is 5.97 Å². The number of esters is 1. The molecular formula is C15H26N2O2. The second kappa shape index (κ2) is 7.49. The Morgan fingerprint density at radius 2 is 2.00 bits per heavy atom. The highest BCUT2D eigenvalue weighted by Gasteiger charge is 2.32. The molecule has 19 heavy (non-hydrogen) atoms. The summed E-state index contributed by atoms with van der Waals surface area (Å²) in [5.41, 5.74) is -0.457. The van der Waals surface area contributed by atoms with Crippen LogP contribution in [-0.4, -0.2) is 24.2 Å². The van der Waals surface area contributed by atoms with Crippen LogP contribution in [0.5, 0.6) is 0 Å². The SMILES string of the molecule is CC(C)(C)OC(=O)C(NCCC#N)C1CCCCC1. The van der Waals surface area contributed by atoms with Gasteiger partial charge in [0.25, 0.3) is 0 Å². The number of ether oxygens (including phenoxy) is 1. The van der Waals surface area contributed by atoms with Crippen LogP contribution in [0.3, 0.4) is 0 Å². The first kappa shape index (κ1) is 16.0.